The van der Waals surface area contributed by atoms with Gasteiger partial charge in [-0.2, -0.15) is 4.99 Å². The molecule has 0 spiro atoms. The third-order valence-corrected chi connectivity index (χ3v) is 3.92. The van der Waals surface area contributed by atoms with Gasteiger partial charge in [-0.3, -0.25) is 0 Å². The second-order valence-electron chi connectivity index (χ2n) is 4.19. The number of fused-ring (bicyclic) bond motifs is 1. The minimum absolute atomic E-state index is 0.392. The maximum Gasteiger partial charge on any atom is 0.235 e. The number of halogens is 1. The van der Waals surface area contributed by atoms with E-state index in [1.165, 1.54) is 0 Å². The Hall–Kier alpha value is -1.32. The molecule has 0 saturated heterocycles. The molecule has 1 saturated carbocycles. The summed E-state index contributed by atoms with van der Waals surface area (Å²) in [6.07, 6.45) is 3.41. The Morgan fingerprint density at radius 2 is 2.06 bits per heavy atom. The largest absolute Gasteiger partial charge is 0.486 e. The molecule has 0 unspecified atom stereocenters. The number of nitrogens with zero attached hydrogens (tertiary/aromatic N) is 1. The van der Waals surface area contributed by atoms with Gasteiger partial charge in [-0.05, 0) is 40.4 Å². The Kier molecular flexibility index (Phi) is 2.45. The molecule has 0 amide bonds. The van der Waals surface area contributed by atoms with Crippen LogP contribution in [0.5, 0.6) is 11.5 Å². The first-order valence-electron chi connectivity index (χ1n) is 5.44. The monoisotopic (exact) mass is 295 g/mol. The lowest BCUT2D eigenvalue weighted by molar-refractivity contribution is 0.170. The zero-order valence-electron chi connectivity index (χ0n) is 9.03. The van der Waals surface area contributed by atoms with Crippen LogP contribution in [0.2, 0.25) is 0 Å². The van der Waals surface area contributed by atoms with Gasteiger partial charge < -0.3 is 9.47 Å². The molecule has 0 atom stereocenters. The van der Waals surface area contributed by atoms with Crippen LogP contribution in [-0.2, 0) is 10.3 Å². The number of rotatable bonds is 2. The van der Waals surface area contributed by atoms with Crippen molar-refractivity contribution in [2.45, 2.75) is 18.4 Å². The second-order valence-corrected chi connectivity index (χ2v) is 4.98. The molecule has 3 rings (SSSR count). The van der Waals surface area contributed by atoms with Gasteiger partial charge in [0, 0.05) is 0 Å². The average Bonchev–Trinajstić information content (AvgIpc) is 3.11. The van der Waals surface area contributed by atoms with Crippen molar-refractivity contribution in [1.82, 2.24) is 0 Å². The molecule has 0 aromatic heterocycles. The van der Waals surface area contributed by atoms with E-state index in [1.807, 2.05) is 12.1 Å². The molecular weight excluding hydrogens is 286 g/mol. The van der Waals surface area contributed by atoms with Crippen molar-refractivity contribution in [3.05, 3.63) is 22.2 Å². The highest BCUT2D eigenvalue weighted by Gasteiger charge is 2.47. The number of isocyanates is 1. The predicted molar refractivity (Wildman–Crippen MR) is 64.2 cm³/mol. The molecule has 0 N–H and O–H groups in total. The number of carbonyl (C=O) groups excluding carboxylic acids is 1. The highest BCUT2D eigenvalue weighted by atomic mass is 79.9. The molecule has 1 heterocycles. The van der Waals surface area contributed by atoms with Crippen molar-refractivity contribution in [3.8, 4) is 11.5 Å². The molecule has 2 aliphatic rings. The van der Waals surface area contributed by atoms with E-state index in [9.17, 15) is 4.79 Å². The molecule has 88 valence electrons. The van der Waals surface area contributed by atoms with Crippen molar-refractivity contribution < 1.29 is 14.3 Å². The molecule has 1 aromatic carbocycles. The van der Waals surface area contributed by atoms with Crippen LogP contribution in [-0.4, -0.2) is 19.3 Å². The molecule has 1 aromatic rings. The summed E-state index contributed by atoms with van der Waals surface area (Å²) >= 11 is 3.52. The minimum Gasteiger partial charge on any atom is -0.486 e. The van der Waals surface area contributed by atoms with E-state index >= 15 is 0 Å². The van der Waals surface area contributed by atoms with Crippen molar-refractivity contribution in [2.24, 2.45) is 4.99 Å². The number of hydrogen-bond acceptors (Lipinski definition) is 4. The summed E-state index contributed by atoms with van der Waals surface area (Å²) < 4.78 is 11.9. The summed E-state index contributed by atoms with van der Waals surface area (Å²) in [6.45, 7) is 1.11. The van der Waals surface area contributed by atoms with E-state index in [0.29, 0.717) is 19.0 Å². The van der Waals surface area contributed by atoms with Gasteiger partial charge in [-0.15, -0.1) is 0 Å². The Balaban J connectivity index is 2.10. The molecule has 17 heavy (non-hydrogen) atoms. The van der Waals surface area contributed by atoms with Gasteiger partial charge >= 0.3 is 0 Å². The molecule has 0 bridgehead atoms. The SMILES string of the molecule is O=C=NC1(c2ccc3c(c2Br)OCCO3)CC1. The maximum absolute atomic E-state index is 10.5. The van der Waals surface area contributed by atoms with Crippen LogP contribution in [0.3, 0.4) is 0 Å². The second kappa shape index (κ2) is 3.86. The third kappa shape index (κ3) is 1.66. The maximum atomic E-state index is 10.5. The molecule has 1 aliphatic carbocycles. The number of hydrogen-bond donors (Lipinski definition) is 0. The van der Waals surface area contributed by atoms with E-state index in [1.54, 1.807) is 6.08 Å². The van der Waals surface area contributed by atoms with Gasteiger partial charge in [0.25, 0.3) is 0 Å². The average molecular weight is 296 g/mol. The molecule has 1 fully saturated rings. The van der Waals surface area contributed by atoms with E-state index < -0.39 is 5.54 Å². The normalized spacial score (nSPS) is 19.4. The van der Waals surface area contributed by atoms with Gasteiger partial charge in [0.15, 0.2) is 11.5 Å². The van der Waals surface area contributed by atoms with Crippen LogP contribution in [0.4, 0.5) is 0 Å². The first kappa shape index (κ1) is 10.8. The van der Waals surface area contributed by atoms with Gasteiger partial charge in [0.05, 0.1) is 10.0 Å². The first-order chi connectivity index (χ1) is 8.27. The standard InChI is InChI=1S/C12H10BrNO3/c13-10-8(12(3-4-12)14-7-15)1-2-9-11(10)17-6-5-16-9/h1-2H,3-6H2. The van der Waals surface area contributed by atoms with Crippen molar-refractivity contribution >= 4 is 22.0 Å². The van der Waals surface area contributed by atoms with Crippen LogP contribution in [0, 0.1) is 0 Å². The smallest absolute Gasteiger partial charge is 0.235 e. The fourth-order valence-electron chi connectivity index (χ4n) is 2.09. The topological polar surface area (TPSA) is 47.9 Å². The van der Waals surface area contributed by atoms with Crippen molar-refractivity contribution in [1.29, 1.82) is 0 Å². The summed E-state index contributed by atoms with van der Waals surface area (Å²) in [5.41, 5.74) is 0.585. The highest BCUT2D eigenvalue weighted by molar-refractivity contribution is 9.10. The summed E-state index contributed by atoms with van der Waals surface area (Å²) in [7, 11) is 0. The van der Waals surface area contributed by atoms with Crippen LogP contribution in [0.15, 0.2) is 21.6 Å². The quantitative estimate of drug-likeness (QED) is 0.622. The molecular formula is C12H10BrNO3. The minimum atomic E-state index is -0.392. The van der Waals surface area contributed by atoms with E-state index in [-0.39, 0.29) is 0 Å². The Morgan fingerprint density at radius 1 is 1.29 bits per heavy atom. The van der Waals surface area contributed by atoms with Crippen LogP contribution >= 0.6 is 15.9 Å². The van der Waals surface area contributed by atoms with E-state index in [0.717, 1.165) is 28.6 Å². The molecule has 1 aliphatic heterocycles. The fourth-order valence-corrected chi connectivity index (χ4v) is 2.90. The highest BCUT2D eigenvalue weighted by Crippen LogP contribution is 2.54. The van der Waals surface area contributed by atoms with Crippen LogP contribution in [0.25, 0.3) is 0 Å². The van der Waals surface area contributed by atoms with Gasteiger partial charge in [-0.25, -0.2) is 4.79 Å². The summed E-state index contributed by atoms with van der Waals surface area (Å²) in [5.74, 6) is 1.44. The Morgan fingerprint density at radius 3 is 2.76 bits per heavy atom. The van der Waals surface area contributed by atoms with E-state index in [4.69, 9.17) is 9.47 Å². The fraction of sp³-hybridized carbons (Fsp3) is 0.417. The lowest BCUT2D eigenvalue weighted by Gasteiger charge is -2.22. The Bertz CT molecular complexity index is 519. The van der Waals surface area contributed by atoms with Crippen LogP contribution in [0.1, 0.15) is 18.4 Å². The first-order valence-corrected chi connectivity index (χ1v) is 6.24. The van der Waals surface area contributed by atoms with Crippen LogP contribution < -0.4 is 9.47 Å². The summed E-state index contributed by atoms with van der Waals surface area (Å²) in [6, 6.07) is 3.81. The van der Waals surface area contributed by atoms with Crippen molar-refractivity contribution in [2.75, 3.05) is 13.2 Å². The summed E-state index contributed by atoms with van der Waals surface area (Å²) in [5, 5.41) is 0. The number of benzene rings is 1. The zero-order chi connectivity index (χ0) is 11.9. The number of ether oxygens (including phenoxy) is 2. The van der Waals surface area contributed by atoms with Crippen molar-refractivity contribution in [3.63, 3.8) is 0 Å². The van der Waals surface area contributed by atoms with E-state index in [2.05, 4.69) is 20.9 Å². The summed E-state index contributed by atoms with van der Waals surface area (Å²) in [4.78, 5) is 14.4. The van der Waals surface area contributed by atoms with Gasteiger partial charge in [0.1, 0.15) is 13.2 Å². The molecule has 0 radical (unpaired) electrons. The molecule has 5 heteroatoms. The Labute approximate surface area is 107 Å². The lowest BCUT2D eigenvalue weighted by atomic mass is 10.0. The lowest BCUT2D eigenvalue weighted by Crippen LogP contribution is -2.17. The zero-order valence-corrected chi connectivity index (χ0v) is 10.6. The third-order valence-electron chi connectivity index (χ3n) is 3.13. The van der Waals surface area contributed by atoms with Gasteiger partial charge in [-0.1, -0.05) is 6.07 Å². The van der Waals surface area contributed by atoms with Gasteiger partial charge in [0.2, 0.25) is 6.08 Å². The molecule has 4 nitrogen and oxygen atoms in total. The predicted octanol–water partition coefficient (Wildman–Crippen LogP) is 2.55. The number of aliphatic imine (C=N–C) groups is 1.